The summed E-state index contributed by atoms with van der Waals surface area (Å²) in [4.78, 5) is 0. The molecule has 2 aromatic rings. The van der Waals surface area contributed by atoms with Crippen molar-refractivity contribution in [1.82, 2.24) is 5.32 Å². The van der Waals surface area contributed by atoms with Crippen LogP contribution >= 0.6 is 11.6 Å². The van der Waals surface area contributed by atoms with Gasteiger partial charge in [-0.15, -0.1) is 0 Å². The molecule has 1 nitrogen and oxygen atoms in total. The van der Waals surface area contributed by atoms with Crippen molar-refractivity contribution in [2.75, 3.05) is 6.54 Å². The van der Waals surface area contributed by atoms with E-state index in [-0.39, 0.29) is 16.9 Å². The van der Waals surface area contributed by atoms with Crippen LogP contribution in [0.25, 0.3) is 0 Å². The van der Waals surface area contributed by atoms with Gasteiger partial charge in [0.25, 0.3) is 0 Å². The molecule has 0 aromatic heterocycles. The monoisotopic (exact) mass is 309 g/mol. The topological polar surface area (TPSA) is 12.0 Å². The molecule has 0 amide bonds. The molecule has 4 heteroatoms. The number of benzene rings is 2. The molecule has 1 atom stereocenters. The number of rotatable bonds is 6. The average molecular weight is 310 g/mol. The van der Waals surface area contributed by atoms with Crippen LogP contribution in [0.15, 0.2) is 42.5 Å². The molecule has 0 aliphatic rings. The number of likely N-dealkylation sites (N-methyl/N-ethyl adjacent to an activating group) is 1. The van der Waals surface area contributed by atoms with Crippen LogP contribution in [0.4, 0.5) is 8.78 Å². The van der Waals surface area contributed by atoms with Crippen molar-refractivity contribution in [3.8, 4) is 0 Å². The Labute approximate surface area is 128 Å². The summed E-state index contributed by atoms with van der Waals surface area (Å²) < 4.78 is 26.4. The molecule has 0 saturated heterocycles. The van der Waals surface area contributed by atoms with Crippen LogP contribution in [0, 0.1) is 11.6 Å². The predicted octanol–water partition coefficient (Wildman–Crippen LogP) is 4.38. The van der Waals surface area contributed by atoms with E-state index in [0.717, 1.165) is 24.1 Å². The highest BCUT2D eigenvalue weighted by Gasteiger charge is 2.11. The van der Waals surface area contributed by atoms with Crippen molar-refractivity contribution in [2.45, 2.75) is 25.8 Å². The van der Waals surface area contributed by atoms with Gasteiger partial charge in [-0.3, -0.25) is 0 Å². The van der Waals surface area contributed by atoms with Crippen LogP contribution in [0.1, 0.15) is 18.1 Å². The van der Waals surface area contributed by atoms with Crippen LogP contribution in [-0.4, -0.2) is 12.6 Å². The van der Waals surface area contributed by atoms with E-state index in [2.05, 4.69) is 5.32 Å². The molecule has 0 aliphatic carbocycles. The maximum absolute atomic E-state index is 13.5. The number of hydrogen-bond donors (Lipinski definition) is 1. The third-order valence-corrected chi connectivity index (χ3v) is 3.66. The van der Waals surface area contributed by atoms with Crippen LogP contribution < -0.4 is 5.32 Å². The fourth-order valence-corrected chi connectivity index (χ4v) is 2.48. The Morgan fingerprint density at radius 1 is 1.00 bits per heavy atom. The second kappa shape index (κ2) is 7.53. The summed E-state index contributed by atoms with van der Waals surface area (Å²) in [6.07, 6.45) is 1.46. The van der Waals surface area contributed by atoms with Crippen molar-refractivity contribution in [3.63, 3.8) is 0 Å². The van der Waals surface area contributed by atoms with Gasteiger partial charge in [0.05, 0.1) is 5.02 Å². The van der Waals surface area contributed by atoms with Gasteiger partial charge in [0.2, 0.25) is 0 Å². The smallest absolute Gasteiger partial charge is 0.142 e. The minimum absolute atomic E-state index is 0.136. The molecule has 0 aliphatic heterocycles. The Morgan fingerprint density at radius 2 is 1.62 bits per heavy atom. The Balaban J connectivity index is 2.07. The van der Waals surface area contributed by atoms with E-state index in [1.807, 2.05) is 13.0 Å². The van der Waals surface area contributed by atoms with E-state index in [1.54, 1.807) is 18.2 Å². The number of hydrogen-bond acceptors (Lipinski definition) is 1. The van der Waals surface area contributed by atoms with Gasteiger partial charge >= 0.3 is 0 Å². The van der Waals surface area contributed by atoms with Gasteiger partial charge in [-0.1, -0.05) is 36.7 Å². The summed E-state index contributed by atoms with van der Waals surface area (Å²) in [5, 5.41) is 3.52. The van der Waals surface area contributed by atoms with Crippen molar-refractivity contribution < 1.29 is 8.78 Å². The van der Waals surface area contributed by atoms with Gasteiger partial charge in [0.1, 0.15) is 11.6 Å². The molecule has 2 aromatic carbocycles. The molecule has 0 fully saturated rings. The van der Waals surface area contributed by atoms with Gasteiger partial charge in [-0.25, -0.2) is 8.78 Å². The molecule has 21 heavy (non-hydrogen) atoms. The Bertz CT molecular complexity index is 584. The standard InChI is InChI=1S/C17H18ClF2N/c1-2-21-15(9-12-3-6-14(19)7-4-12)10-13-5-8-16(18)17(20)11-13/h3-8,11,15,21H,2,9-10H2,1H3. The average Bonchev–Trinajstić information content (AvgIpc) is 2.46. The summed E-state index contributed by atoms with van der Waals surface area (Å²) >= 11 is 5.70. The van der Waals surface area contributed by atoms with Crippen LogP contribution in [0.5, 0.6) is 0 Å². The number of nitrogens with one attached hydrogen (secondary N) is 1. The Hall–Kier alpha value is -1.45. The quantitative estimate of drug-likeness (QED) is 0.835. The molecule has 1 unspecified atom stereocenters. The lowest BCUT2D eigenvalue weighted by Crippen LogP contribution is -2.33. The summed E-state index contributed by atoms with van der Waals surface area (Å²) in [5.74, 6) is -0.635. The van der Waals surface area contributed by atoms with Crippen LogP contribution in [-0.2, 0) is 12.8 Å². The first kappa shape index (κ1) is 15.9. The highest BCUT2D eigenvalue weighted by molar-refractivity contribution is 6.30. The van der Waals surface area contributed by atoms with Crippen LogP contribution in [0.2, 0.25) is 5.02 Å². The minimum Gasteiger partial charge on any atom is -0.314 e. The summed E-state index contributed by atoms with van der Waals surface area (Å²) in [5.41, 5.74) is 1.95. The molecular formula is C17H18ClF2N. The van der Waals surface area contributed by atoms with Crippen molar-refractivity contribution >= 4 is 11.6 Å². The molecule has 0 bridgehead atoms. The van der Waals surface area contributed by atoms with Gasteiger partial charge in [0.15, 0.2) is 0 Å². The molecule has 0 heterocycles. The SMILES string of the molecule is CCNC(Cc1ccc(F)cc1)Cc1ccc(Cl)c(F)c1. The molecule has 2 rings (SSSR count). The van der Waals surface area contributed by atoms with E-state index in [0.29, 0.717) is 6.42 Å². The van der Waals surface area contributed by atoms with E-state index in [4.69, 9.17) is 11.6 Å². The molecule has 1 N–H and O–H groups in total. The van der Waals surface area contributed by atoms with Crippen molar-refractivity contribution in [3.05, 3.63) is 70.2 Å². The maximum atomic E-state index is 13.5. The second-order valence-corrected chi connectivity index (χ2v) is 5.44. The van der Waals surface area contributed by atoms with Gasteiger partial charge < -0.3 is 5.32 Å². The molecule has 0 spiro atoms. The summed E-state index contributed by atoms with van der Waals surface area (Å²) in [6, 6.07) is 11.5. The number of halogens is 3. The summed E-state index contributed by atoms with van der Waals surface area (Å²) in [6.45, 7) is 2.85. The lowest BCUT2D eigenvalue weighted by molar-refractivity contribution is 0.519. The van der Waals surface area contributed by atoms with E-state index in [1.165, 1.54) is 18.2 Å². The minimum atomic E-state index is -0.397. The fourth-order valence-electron chi connectivity index (χ4n) is 2.36. The highest BCUT2D eigenvalue weighted by Crippen LogP contribution is 2.17. The first-order valence-electron chi connectivity index (χ1n) is 7.00. The van der Waals surface area contributed by atoms with Crippen molar-refractivity contribution in [1.29, 1.82) is 0 Å². The van der Waals surface area contributed by atoms with Crippen LogP contribution in [0.3, 0.4) is 0 Å². The molecule has 0 saturated carbocycles. The lowest BCUT2D eigenvalue weighted by atomic mass is 9.99. The molecule has 0 radical (unpaired) electrons. The van der Waals surface area contributed by atoms with Gasteiger partial charge in [-0.05, 0) is 54.8 Å². The Morgan fingerprint density at radius 3 is 2.24 bits per heavy atom. The normalized spacial score (nSPS) is 12.4. The van der Waals surface area contributed by atoms with Crippen molar-refractivity contribution in [2.24, 2.45) is 0 Å². The fraction of sp³-hybridized carbons (Fsp3) is 0.294. The third-order valence-electron chi connectivity index (χ3n) is 3.35. The van der Waals surface area contributed by atoms with E-state index in [9.17, 15) is 8.78 Å². The Kier molecular flexibility index (Phi) is 5.71. The molecule has 112 valence electrons. The molecular weight excluding hydrogens is 292 g/mol. The zero-order valence-corrected chi connectivity index (χ0v) is 12.6. The van der Waals surface area contributed by atoms with Gasteiger partial charge in [-0.2, -0.15) is 0 Å². The first-order valence-corrected chi connectivity index (χ1v) is 7.38. The second-order valence-electron chi connectivity index (χ2n) is 5.04. The third kappa shape index (κ3) is 4.80. The first-order chi connectivity index (χ1) is 10.1. The lowest BCUT2D eigenvalue weighted by Gasteiger charge is -2.18. The summed E-state index contributed by atoms with van der Waals surface area (Å²) in [7, 11) is 0. The highest BCUT2D eigenvalue weighted by atomic mass is 35.5. The maximum Gasteiger partial charge on any atom is 0.142 e. The zero-order chi connectivity index (χ0) is 15.2. The van der Waals surface area contributed by atoms with E-state index >= 15 is 0 Å². The van der Waals surface area contributed by atoms with E-state index < -0.39 is 5.82 Å². The zero-order valence-electron chi connectivity index (χ0n) is 11.9. The predicted molar refractivity (Wildman–Crippen MR) is 82.7 cm³/mol. The largest absolute Gasteiger partial charge is 0.314 e. The van der Waals surface area contributed by atoms with Gasteiger partial charge in [0, 0.05) is 6.04 Å².